The summed E-state index contributed by atoms with van der Waals surface area (Å²) in [5, 5.41) is 17.5. The summed E-state index contributed by atoms with van der Waals surface area (Å²) in [6, 6.07) is 9.12. The normalized spacial score (nSPS) is 10.7. The zero-order chi connectivity index (χ0) is 11.5. The lowest BCUT2D eigenvalue weighted by Crippen LogP contribution is -2.21. The van der Waals surface area contributed by atoms with Gasteiger partial charge in [0.2, 0.25) is 0 Å². The zero-order valence-electron chi connectivity index (χ0n) is 8.82. The molecule has 0 fully saturated rings. The zero-order valence-corrected chi connectivity index (χ0v) is 8.82. The van der Waals surface area contributed by atoms with E-state index in [0.29, 0.717) is 5.56 Å². The van der Waals surface area contributed by atoms with E-state index in [1.807, 2.05) is 26.0 Å². The maximum Gasteiger partial charge on any atom is 0.304 e. The van der Waals surface area contributed by atoms with Crippen molar-refractivity contribution in [1.29, 1.82) is 5.26 Å². The summed E-state index contributed by atoms with van der Waals surface area (Å²) in [6.07, 6.45) is 0.0574. The van der Waals surface area contributed by atoms with E-state index < -0.39 is 11.4 Å². The molecule has 1 aromatic rings. The Morgan fingerprint density at radius 3 is 2.73 bits per heavy atom. The number of hydrogen-bond acceptors (Lipinski definition) is 2. The van der Waals surface area contributed by atoms with Crippen molar-refractivity contribution in [2.45, 2.75) is 25.7 Å². The fourth-order valence-corrected chi connectivity index (χ4v) is 1.49. The fourth-order valence-electron chi connectivity index (χ4n) is 1.49. The van der Waals surface area contributed by atoms with Gasteiger partial charge >= 0.3 is 5.97 Å². The minimum absolute atomic E-state index is 0.0574. The number of rotatable bonds is 3. The van der Waals surface area contributed by atoms with Gasteiger partial charge in [0, 0.05) is 5.41 Å². The maximum absolute atomic E-state index is 10.7. The number of carbonyl (C=O) groups is 1. The Morgan fingerprint density at radius 1 is 1.53 bits per heavy atom. The number of hydrogen-bond donors (Lipinski definition) is 1. The Bertz CT molecular complexity index is 416. The molecular weight excluding hydrogens is 190 g/mol. The lowest BCUT2D eigenvalue weighted by molar-refractivity contribution is -0.138. The molecule has 1 aromatic carbocycles. The molecule has 0 radical (unpaired) electrons. The Labute approximate surface area is 89.0 Å². The summed E-state index contributed by atoms with van der Waals surface area (Å²) >= 11 is 0. The molecule has 0 unspecified atom stereocenters. The smallest absolute Gasteiger partial charge is 0.304 e. The predicted molar refractivity (Wildman–Crippen MR) is 56.4 cm³/mol. The lowest BCUT2D eigenvalue weighted by Gasteiger charge is -2.23. The number of carboxylic acids is 1. The topological polar surface area (TPSA) is 61.1 Å². The molecule has 1 rings (SSSR count). The van der Waals surface area contributed by atoms with E-state index in [9.17, 15) is 4.79 Å². The molecule has 0 saturated heterocycles. The first-order valence-electron chi connectivity index (χ1n) is 4.68. The third-order valence-corrected chi connectivity index (χ3v) is 2.37. The predicted octanol–water partition coefficient (Wildman–Crippen LogP) is 2.31. The number of nitrogens with zero attached hydrogens (tertiary/aromatic N) is 1. The summed E-state index contributed by atoms with van der Waals surface area (Å²) in [7, 11) is 0. The highest BCUT2D eigenvalue weighted by Crippen LogP contribution is 2.27. The van der Waals surface area contributed by atoms with Crippen molar-refractivity contribution < 1.29 is 9.90 Å². The molecule has 3 nitrogen and oxygen atoms in total. The first-order valence-corrected chi connectivity index (χ1v) is 4.68. The van der Waals surface area contributed by atoms with E-state index in [1.165, 1.54) is 0 Å². The van der Waals surface area contributed by atoms with E-state index in [-0.39, 0.29) is 6.42 Å². The monoisotopic (exact) mass is 203 g/mol. The largest absolute Gasteiger partial charge is 0.481 e. The molecule has 0 amide bonds. The van der Waals surface area contributed by atoms with Crippen molar-refractivity contribution in [3.63, 3.8) is 0 Å². The highest BCUT2D eigenvalue weighted by atomic mass is 16.4. The second kappa shape index (κ2) is 4.14. The van der Waals surface area contributed by atoms with Crippen LogP contribution in [0.4, 0.5) is 0 Å². The standard InChI is InChI=1S/C12H13NO2/c1-12(2,7-11(14)15)10-5-3-4-9(6-10)8-13/h3-6H,7H2,1-2H3,(H,14,15). The van der Waals surface area contributed by atoms with Crippen LogP contribution in [0.5, 0.6) is 0 Å². The van der Waals surface area contributed by atoms with Gasteiger partial charge in [0.25, 0.3) is 0 Å². The second-order valence-electron chi connectivity index (χ2n) is 4.15. The van der Waals surface area contributed by atoms with Gasteiger partial charge in [-0.1, -0.05) is 26.0 Å². The van der Waals surface area contributed by atoms with Gasteiger partial charge < -0.3 is 5.11 Å². The summed E-state index contributed by atoms with van der Waals surface area (Å²) in [5.41, 5.74) is 0.994. The number of benzene rings is 1. The molecule has 78 valence electrons. The average molecular weight is 203 g/mol. The van der Waals surface area contributed by atoms with Crippen molar-refractivity contribution in [1.82, 2.24) is 0 Å². The van der Waals surface area contributed by atoms with Crippen LogP contribution in [0.1, 0.15) is 31.4 Å². The molecule has 0 aromatic heterocycles. The highest BCUT2D eigenvalue weighted by molar-refractivity contribution is 5.69. The summed E-state index contributed by atoms with van der Waals surface area (Å²) in [4.78, 5) is 10.7. The lowest BCUT2D eigenvalue weighted by atomic mass is 9.81. The van der Waals surface area contributed by atoms with Crippen LogP contribution in [-0.2, 0) is 10.2 Å². The summed E-state index contributed by atoms with van der Waals surface area (Å²) in [6.45, 7) is 3.72. The summed E-state index contributed by atoms with van der Waals surface area (Å²) < 4.78 is 0. The molecule has 0 aliphatic carbocycles. The molecule has 0 spiro atoms. The van der Waals surface area contributed by atoms with E-state index in [4.69, 9.17) is 10.4 Å². The molecule has 0 bridgehead atoms. The molecule has 3 heteroatoms. The number of carboxylic acid groups (broad SMARTS) is 1. The van der Waals surface area contributed by atoms with Gasteiger partial charge in [-0.3, -0.25) is 4.79 Å². The number of aliphatic carboxylic acids is 1. The molecule has 15 heavy (non-hydrogen) atoms. The third kappa shape index (κ3) is 2.81. The second-order valence-corrected chi connectivity index (χ2v) is 4.15. The van der Waals surface area contributed by atoms with Crippen molar-refractivity contribution in [3.8, 4) is 6.07 Å². The van der Waals surface area contributed by atoms with Crippen LogP contribution < -0.4 is 0 Å². The van der Waals surface area contributed by atoms with Crippen LogP contribution in [0.3, 0.4) is 0 Å². The van der Waals surface area contributed by atoms with Gasteiger partial charge in [0.05, 0.1) is 18.1 Å². The van der Waals surface area contributed by atoms with Crippen LogP contribution in [0.15, 0.2) is 24.3 Å². The van der Waals surface area contributed by atoms with Gasteiger partial charge in [-0.15, -0.1) is 0 Å². The van der Waals surface area contributed by atoms with Crippen molar-refractivity contribution in [2.75, 3.05) is 0 Å². The Morgan fingerprint density at radius 2 is 2.20 bits per heavy atom. The minimum Gasteiger partial charge on any atom is -0.481 e. The van der Waals surface area contributed by atoms with E-state index in [2.05, 4.69) is 0 Å². The van der Waals surface area contributed by atoms with Gasteiger partial charge in [-0.2, -0.15) is 5.26 Å². The van der Waals surface area contributed by atoms with Crippen molar-refractivity contribution >= 4 is 5.97 Å². The molecule has 0 atom stereocenters. The average Bonchev–Trinajstić information content (AvgIpc) is 2.16. The summed E-state index contributed by atoms with van der Waals surface area (Å²) in [5.74, 6) is -0.831. The van der Waals surface area contributed by atoms with Crippen LogP contribution in [0.25, 0.3) is 0 Å². The molecule has 0 aliphatic rings. The number of nitriles is 1. The SMILES string of the molecule is CC(C)(CC(=O)O)c1cccc(C#N)c1. The Kier molecular flexibility index (Phi) is 3.11. The first-order chi connectivity index (χ1) is 6.95. The van der Waals surface area contributed by atoms with E-state index in [1.54, 1.807) is 18.2 Å². The van der Waals surface area contributed by atoms with Gasteiger partial charge in [-0.05, 0) is 17.7 Å². The molecule has 0 heterocycles. The Hall–Kier alpha value is -1.82. The van der Waals surface area contributed by atoms with Crippen LogP contribution in [0, 0.1) is 11.3 Å². The van der Waals surface area contributed by atoms with Crippen LogP contribution in [-0.4, -0.2) is 11.1 Å². The van der Waals surface area contributed by atoms with Crippen LogP contribution in [0.2, 0.25) is 0 Å². The maximum atomic E-state index is 10.7. The fraction of sp³-hybridized carbons (Fsp3) is 0.333. The van der Waals surface area contributed by atoms with Gasteiger partial charge in [-0.25, -0.2) is 0 Å². The van der Waals surface area contributed by atoms with Gasteiger partial charge in [0.15, 0.2) is 0 Å². The van der Waals surface area contributed by atoms with Crippen LogP contribution >= 0.6 is 0 Å². The van der Waals surface area contributed by atoms with Gasteiger partial charge in [0.1, 0.15) is 0 Å². The Balaban J connectivity index is 3.04. The minimum atomic E-state index is -0.831. The molecular formula is C12H13NO2. The van der Waals surface area contributed by atoms with E-state index in [0.717, 1.165) is 5.56 Å². The molecule has 0 saturated carbocycles. The van der Waals surface area contributed by atoms with Crippen molar-refractivity contribution in [2.24, 2.45) is 0 Å². The molecule has 1 N–H and O–H groups in total. The quantitative estimate of drug-likeness (QED) is 0.819. The first kappa shape index (κ1) is 11.3. The third-order valence-electron chi connectivity index (χ3n) is 2.37. The molecule has 0 aliphatic heterocycles. The van der Waals surface area contributed by atoms with Crippen molar-refractivity contribution in [3.05, 3.63) is 35.4 Å². The highest BCUT2D eigenvalue weighted by Gasteiger charge is 2.24. The van der Waals surface area contributed by atoms with E-state index >= 15 is 0 Å².